The van der Waals surface area contributed by atoms with Gasteiger partial charge in [0.1, 0.15) is 4.83 Å². The minimum absolute atomic E-state index is 0.0685. The third kappa shape index (κ3) is 3.17. The number of benzene rings is 1. The highest BCUT2D eigenvalue weighted by Crippen LogP contribution is 2.30. The number of rotatable bonds is 4. The summed E-state index contributed by atoms with van der Waals surface area (Å²) in [6.07, 6.45) is 4.07. The molecule has 1 aliphatic heterocycles. The molecule has 1 aromatic carbocycles. The van der Waals surface area contributed by atoms with Crippen LogP contribution in [0.2, 0.25) is 0 Å². The van der Waals surface area contributed by atoms with Crippen LogP contribution in [-0.2, 0) is 11.3 Å². The molecule has 26 heavy (non-hydrogen) atoms. The number of nitrogens with zero attached hydrogens (tertiary/aromatic N) is 3. The minimum Gasteiger partial charge on any atom is -0.343 e. The number of carbonyl (C=O) groups is 1. The second-order valence-electron chi connectivity index (χ2n) is 6.78. The molecule has 1 fully saturated rings. The molecule has 0 spiro atoms. The maximum atomic E-state index is 13.0. The zero-order valence-corrected chi connectivity index (χ0v) is 15.6. The number of fused-ring (bicyclic) bond motifs is 1. The van der Waals surface area contributed by atoms with Crippen LogP contribution in [0, 0.1) is 6.92 Å². The van der Waals surface area contributed by atoms with Gasteiger partial charge in [-0.25, -0.2) is 4.98 Å². The first kappa shape index (κ1) is 17.0. The quantitative estimate of drug-likeness (QED) is 0.710. The molecule has 4 rings (SSSR count). The van der Waals surface area contributed by atoms with Crippen LogP contribution in [0.5, 0.6) is 0 Å². The molecular formula is C20H21N3O2S. The lowest BCUT2D eigenvalue weighted by molar-refractivity contribution is -0.130. The molecule has 1 amide bonds. The smallest absolute Gasteiger partial charge is 0.262 e. The summed E-state index contributed by atoms with van der Waals surface area (Å²) < 4.78 is 1.57. The minimum atomic E-state index is -0.0685. The van der Waals surface area contributed by atoms with Gasteiger partial charge in [-0.15, -0.1) is 11.3 Å². The zero-order chi connectivity index (χ0) is 18.1. The highest BCUT2D eigenvalue weighted by Gasteiger charge is 2.18. The number of carbonyl (C=O) groups excluding carboxylic acids is 1. The fourth-order valence-electron chi connectivity index (χ4n) is 3.41. The van der Waals surface area contributed by atoms with E-state index >= 15 is 0 Å². The van der Waals surface area contributed by atoms with Crippen LogP contribution in [-0.4, -0.2) is 33.4 Å². The molecule has 5 nitrogen and oxygen atoms in total. The Balaban J connectivity index is 1.63. The molecule has 0 unspecified atom stereocenters. The van der Waals surface area contributed by atoms with E-state index in [2.05, 4.69) is 4.98 Å². The molecule has 134 valence electrons. The lowest BCUT2D eigenvalue weighted by Gasteiger charge is -2.15. The number of hydrogen-bond acceptors (Lipinski definition) is 4. The Labute approximate surface area is 155 Å². The van der Waals surface area contributed by atoms with Gasteiger partial charge in [0.2, 0.25) is 5.91 Å². The molecule has 0 atom stereocenters. The number of hydrogen-bond donors (Lipinski definition) is 0. The van der Waals surface area contributed by atoms with Gasteiger partial charge in [0.25, 0.3) is 5.56 Å². The zero-order valence-electron chi connectivity index (χ0n) is 14.8. The molecule has 3 aromatic rings. The number of thiophene rings is 1. The van der Waals surface area contributed by atoms with Crippen molar-refractivity contribution in [1.82, 2.24) is 14.5 Å². The van der Waals surface area contributed by atoms with Crippen LogP contribution < -0.4 is 5.56 Å². The van der Waals surface area contributed by atoms with Gasteiger partial charge in [-0.1, -0.05) is 29.8 Å². The van der Waals surface area contributed by atoms with Gasteiger partial charge in [-0.2, -0.15) is 0 Å². The van der Waals surface area contributed by atoms with Crippen molar-refractivity contribution in [3.05, 3.63) is 51.9 Å². The lowest BCUT2D eigenvalue weighted by atomic mass is 10.1. The van der Waals surface area contributed by atoms with E-state index in [0.29, 0.717) is 18.4 Å². The molecule has 6 heteroatoms. The molecule has 0 saturated carbocycles. The Hall–Kier alpha value is -2.47. The van der Waals surface area contributed by atoms with E-state index in [-0.39, 0.29) is 11.5 Å². The van der Waals surface area contributed by atoms with E-state index in [0.717, 1.165) is 41.9 Å². The maximum absolute atomic E-state index is 13.0. The molecule has 0 aliphatic carbocycles. The van der Waals surface area contributed by atoms with Crippen LogP contribution in [0.15, 0.2) is 40.8 Å². The third-order valence-corrected chi connectivity index (χ3v) is 5.83. The van der Waals surface area contributed by atoms with Gasteiger partial charge in [0.15, 0.2) is 0 Å². The molecule has 0 bridgehead atoms. The summed E-state index contributed by atoms with van der Waals surface area (Å²) in [7, 11) is 0. The summed E-state index contributed by atoms with van der Waals surface area (Å²) in [6, 6.07) is 8.15. The van der Waals surface area contributed by atoms with Crippen LogP contribution in [0.3, 0.4) is 0 Å². The highest BCUT2D eigenvalue weighted by atomic mass is 32.1. The second-order valence-corrected chi connectivity index (χ2v) is 7.63. The van der Waals surface area contributed by atoms with Gasteiger partial charge in [-0.3, -0.25) is 14.2 Å². The van der Waals surface area contributed by atoms with Crippen molar-refractivity contribution in [3.63, 3.8) is 0 Å². The fourth-order valence-corrected chi connectivity index (χ4v) is 4.32. The van der Waals surface area contributed by atoms with Crippen molar-refractivity contribution >= 4 is 27.5 Å². The summed E-state index contributed by atoms with van der Waals surface area (Å²) in [5.74, 6) is 0.124. The van der Waals surface area contributed by atoms with Crippen LogP contribution in [0.4, 0.5) is 0 Å². The molecule has 0 radical (unpaired) electrons. The van der Waals surface area contributed by atoms with Crippen LogP contribution in [0.25, 0.3) is 21.3 Å². The van der Waals surface area contributed by atoms with E-state index in [1.807, 2.05) is 41.5 Å². The molecule has 0 N–H and O–H groups in total. The summed E-state index contributed by atoms with van der Waals surface area (Å²) in [5, 5.41) is 2.64. The van der Waals surface area contributed by atoms with Gasteiger partial charge < -0.3 is 4.90 Å². The number of amides is 1. The van der Waals surface area contributed by atoms with E-state index in [1.54, 1.807) is 10.9 Å². The molecule has 3 heterocycles. The summed E-state index contributed by atoms with van der Waals surface area (Å²) in [4.78, 5) is 32.3. The van der Waals surface area contributed by atoms with Gasteiger partial charge in [-0.05, 0) is 25.3 Å². The van der Waals surface area contributed by atoms with Crippen molar-refractivity contribution in [1.29, 1.82) is 0 Å². The average molecular weight is 367 g/mol. The standard InChI is InChI=1S/C20H21N3O2S/c1-14-4-6-15(7-5-14)16-12-26-19-18(16)20(25)23(13-21-19)11-8-17(24)22-9-2-3-10-22/h4-7,12-13H,2-3,8-11H2,1H3. The monoisotopic (exact) mass is 367 g/mol. The summed E-state index contributed by atoms with van der Waals surface area (Å²) in [5.41, 5.74) is 3.06. The summed E-state index contributed by atoms with van der Waals surface area (Å²) >= 11 is 1.48. The van der Waals surface area contributed by atoms with Gasteiger partial charge >= 0.3 is 0 Å². The first-order chi connectivity index (χ1) is 12.6. The Bertz CT molecular complexity index is 998. The lowest BCUT2D eigenvalue weighted by Crippen LogP contribution is -2.30. The number of likely N-dealkylation sites (tertiary alicyclic amines) is 1. The maximum Gasteiger partial charge on any atom is 0.262 e. The summed E-state index contributed by atoms with van der Waals surface area (Å²) in [6.45, 7) is 4.10. The first-order valence-electron chi connectivity index (χ1n) is 8.95. The highest BCUT2D eigenvalue weighted by molar-refractivity contribution is 7.17. The number of aromatic nitrogens is 2. The number of aryl methyl sites for hydroxylation is 2. The van der Waals surface area contributed by atoms with E-state index in [9.17, 15) is 9.59 Å². The molecule has 1 saturated heterocycles. The van der Waals surface area contributed by atoms with E-state index in [1.165, 1.54) is 16.9 Å². The molecular weight excluding hydrogens is 346 g/mol. The Morgan fingerprint density at radius 1 is 1.19 bits per heavy atom. The van der Waals surface area contributed by atoms with Crippen LogP contribution in [0.1, 0.15) is 24.8 Å². The van der Waals surface area contributed by atoms with Crippen molar-refractivity contribution < 1.29 is 4.79 Å². The predicted octanol–water partition coefficient (Wildman–Crippen LogP) is 3.45. The van der Waals surface area contributed by atoms with Crippen molar-refractivity contribution in [2.75, 3.05) is 13.1 Å². The van der Waals surface area contributed by atoms with Crippen molar-refractivity contribution in [3.8, 4) is 11.1 Å². The molecule has 1 aliphatic rings. The second kappa shape index (κ2) is 7.03. The Morgan fingerprint density at radius 3 is 2.65 bits per heavy atom. The van der Waals surface area contributed by atoms with Crippen molar-refractivity contribution in [2.45, 2.75) is 32.7 Å². The van der Waals surface area contributed by atoms with Gasteiger partial charge in [0, 0.05) is 37.0 Å². The average Bonchev–Trinajstić information content (AvgIpc) is 3.32. The first-order valence-corrected chi connectivity index (χ1v) is 9.83. The molecule has 2 aromatic heterocycles. The Morgan fingerprint density at radius 2 is 1.92 bits per heavy atom. The van der Waals surface area contributed by atoms with Crippen LogP contribution >= 0.6 is 11.3 Å². The topological polar surface area (TPSA) is 55.2 Å². The van der Waals surface area contributed by atoms with Gasteiger partial charge in [0.05, 0.1) is 11.7 Å². The Kier molecular flexibility index (Phi) is 4.59. The largest absolute Gasteiger partial charge is 0.343 e. The predicted molar refractivity (Wildman–Crippen MR) is 104 cm³/mol. The van der Waals surface area contributed by atoms with E-state index in [4.69, 9.17) is 0 Å². The fraction of sp³-hybridized carbons (Fsp3) is 0.350. The van der Waals surface area contributed by atoms with Crippen molar-refractivity contribution in [2.24, 2.45) is 0 Å². The normalized spacial score (nSPS) is 14.3. The third-order valence-electron chi connectivity index (χ3n) is 4.95. The van der Waals surface area contributed by atoms with E-state index < -0.39 is 0 Å². The SMILES string of the molecule is Cc1ccc(-c2csc3ncn(CCC(=O)N4CCCC4)c(=O)c23)cc1.